The van der Waals surface area contributed by atoms with E-state index in [2.05, 4.69) is 9.72 Å². The molecule has 2 nitrogen and oxygen atoms in total. The van der Waals surface area contributed by atoms with Gasteiger partial charge in [0.25, 0.3) is 6.43 Å². The molecule has 8 heteroatoms. The van der Waals surface area contributed by atoms with Gasteiger partial charge in [-0.15, -0.1) is 0 Å². The number of nitrogens with zero attached hydrogens (tertiary/aromatic N) is 1. The standard InChI is InChI=1S/C8H5ClF5NO/c1-16-4-2-3(9)5(8(12,13)14)6(15-4)7(10)11/h2,7H,1H3. The smallest absolute Gasteiger partial charge is 0.419 e. The highest BCUT2D eigenvalue weighted by Gasteiger charge is 2.39. The summed E-state index contributed by atoms with van der Waals surface area (Å²) >= 11 is 5.27. The van der Waals surface area contributed by atoms with Crippen LogP contribution in [0.3, 0.4) is 0 Å². The number of methoxy groups -OCH3 is 1. The summed E-state index contributed by atoms with van der Waals surface area (Å²) in [5.41, 5.74) is -3.07. The van der Waals surface area contributed by atoms with Crippen LogP contribution in [0.15, 0.2) is 6.07 Å². The lowest BCUT2D eigenvalue weighted by molar-refractivity contribution is -0.139. The van der Waals surface area contributed by atoms with Crippen molar-refractivity contribution in [3.05, 3.63) is 22.3 Å². The number of rotatable bonds is 2. The van der Waals surface area contributed by atoms with Crippen molar-refractivity contribution in [2.75, 3.05) is 7.11 Å². The van der Waals surface area contributed by atoms with E-state index in [1.807, 2.05) is 0 Å². The molecule has 0 atom stereocenters. The fourth-order valence-electron chi connectivity index (χ4n) is 1.05. The molecule has 0 aromatic carbocycles. The Morgan fingerprint density at radius 1 is 1.38 bits per heavy atom. The number of alkyl halides is 5. The van der Waals surface area contributed by atoms with Crippen molar-refractivity contribution in [3.8, 4) is 5.88 Å². The van der Waals surface area contributed by atoms with Gasteiger partial charge in [0, 0.05) is 6.07 Å². The van der Waals surface area contributed by atoms with Crippen molar-refractivity contribution in [2.45, 2.75) is 12.6 Å². The molecule has 1 rings (SSSR count). The molecule has 0 bridgehead atoms. The molecule has 0 saturated heterocycles. The fraction of sp³-hybridized carbons (Fsp3) is 0.375. The van der Waals surface area contributed by atoms with Crippen LogP contribution in [0.2, 0.25) is 5.02 Å². The van der Waals surface area contributed by atoms with Gasteiger partial charge in [0.1, 0.15) is 11.3 Å². The van der Waals surface area contributed by atoms with Crippen LogP contribution in [0.1, 0.15) is 17.7 Å². The number of pyridine rings is 1. The number of hydrogen-bond acceptors (Lipinski definition) is 2. The highest BCUT2D eigenvalue weighted by Crippen LogP contribution is 2.41. The summed E-state index contributed by atoms with van der Waals surface area (Å²) in [5.74, 6) is -0.395. The summed E-state index contributed by atoms with van der Waals surface area (Å²) in [6, 6.07) is 0.732. The van der Waals surface area contributed by atoms with E-state index >= 15 is 0 Å². The van der Waals surface area contributed by atoms with Crippen LogP contribution in [-0.2, 0) is 6.18 Å². The summed E-state index contributed by atoms with van der Waals surface area (Å²) < 4.78 is 66.4. The van der Waals surface area contributed by atoms with Crippen LogP contribution in [0, 0.1) is 0 Å². The molecule has 16 heavy (non-hydrogen) atoms. The van der Waals surface area contributed by atoms with Gasteiger partial charge in [-0.05, 0) is 0 Å². The SMILES string of the molecule is COc1cc(Cl)c(C(F)(F)F)c(C(F)F)n1. The zero-order valence-electron chi connectivity index (χ0n) is 7.78. The number of hydrogen-bond donors (Lipinski definition) is 0. The monoisotopic (exact) mass is 261 g/mol. The van der Waals surface area contributed by atoms with E-state index in [0.717, 1.165) is 13.2 Å². The van der Waals surface area contributed by atoms with Gasteiger partial charge < -0.3 is 4.74 Å². The van der Waals surface area contributed by atoms with Crippen molar-refractivity contribution >= 4 is 11.6 Å². The highest BCUT2D eigenvalue weighted by atomic mass is 35.5. The Morgan fingerprint density at radius 3 is 2.31 bits per heavy atom. The van der Waals surface area contributed by atoms with Crippen LogP contribution in [0.25, 0.3) is 0 Å². The Hall–Kier alpha value is -1.11. The van der Waals surface area contributed by atoms with Crippen molar-refractivity contribution in [1.29, 1.82) is 0 Å². The Morgan fingerprint density at radius 2 is 1.94 bits per heavy atom. The summed E-state index contributed by atoms with van der Waals surface area (Å²) in [4.78, 5) is 3.04. The summed E-state index contributed by atoms with van der Waals surface area (Å²) in [5, 5.41) is -0.866. The molecule has 0 spiro atoms. The lowest BCUT2D eigenvalue weighted by Gasteiger charge is -2.14. The minimum atomic E-state index is -4.98. The van der Waals surface area contributed by atoms with Crippen LogP contribution >= 0.6 is 11.6 Å². The van der Waals surface area contributed by atoms with E-state index in [1.54, 1.807) is 0 Å². The first-order chi connectivity index (χ1) is 7.27. The minimum Gasteiger partial charge on any atom is -0.481 e. The molecule has 1 heterocycles. The van der Waals surface area contributed by atoms with Gasteiger partial charge in [-0.25, -0.2) is 13.8 Å². The third kappa shape index (κ3) is 2.52. The van der Waals surface area contributed by atoms with E-state index in [1.165, 1.54) is 0 Å². The number of aromatic nitrogens is 1. The van der Waals surface area contributed by atoms with Crippen molar-refractivity contribution in [1.82, 2.24) is 4.98 Å². The first kappa shape index (κ1) is 13.0. The lowest BCUT2D eigenvalue weighted by Crippen LogP contribution is -2.12. The third-order valence-electron chi connectivity index (χ3n) is 1.68. The molecule has 0 amide bonds. The average Bonchev–Trinajstić information content (AvgIpc) is 2.14. The van der Waals surface area contributed by atoms with Crippen LogP contribution in [0.5, 0.6) is 5.88 Å². The molecule has 0 fully saturated rings. The van der Waals surface area contributed by atoms with Gasteiger partial charge in [0.05, 0.1) is 12.1 Å². The Labute approximate surface area is 92.0 Å². The summed E-state index contributed by atoms with van der Waals surface area (Å²) in [7, 11) is 1.08. The maximum absolute atomic E-state index is 12.4. The van der Waals surface area contributed by atoms with Crippen LogP contribution in [0.4, 0.5) is 22.0 Å². The molecule has 0 unspecified atom stereocenters. The molecule has 1 aromatic rings. The molecule has 1 aromatic heterocycles. The van der Waals surface area contributed by atoms with E-state index in [9.17, 15) is 22.0 Å². The normalized spacial score (nSPS) is 12.0. The van der Waals surface area contributed by atoms with Gasteiger partial charge in [0.2, 0.25) is 5.88 Å². The minimum absolute atomic E-state index is 0.395. The van der Waals surface area contributed by atoms with Gasteiger partial charge in [0.15, 0.2) is 0 Å². The number of ether oxygens (including phenoxy) is 1. The molecule has 0 aliphatic carbocycles. The Balaban J connectivity index is 3.46. The van der Waals surface area contributed by atoms with Crippen molar-refractivity contribution in [3.63, 3.8) is 0 Å². The average molecular weight is 262 g/mol. The topological polar surface area (TPSA) is 22.1 Å². The molecule has 0 radical (unpaired) electrons. The van der Waals surface area contributed by atoms with Gasteiger partial charge in [-0.3, -0.25) is 0 Å². The maximum atomic E-state index is 12.4. The second kappa shape index (κ2) is 4.40. The maximum Gasteiger partial charge on any atom is 0.419 e. The molecule has 0 saturated carbocycles. The Kier molecular flexibility index (Phi) is 3.57. The Bertz CT molecular complexity index is 393. The zero-order valence-corrected chi connectivity index (χ0v) is 8.53. The van der Waals surface area contributed by atoms with E-state index in [-0.39, 0.29) is 0 Å². The highest BCUT2D eigenvalue weighted by molar-refractivity contribution is 6.31. The van der Waals surface area contributed by atoms with Crippen molar-refractivity contribution < 1.29 is 26.7 Å². The first-order valence-corrected chi connectivity index (χ1v) is 4.25. The molecule has 90 valence electrons. The van der Waals surface area contributed by atoms with Crippen LogP contribution in [-0.4, -0.2) is 12.1 Å². The van der Waals surface area contributed by atoms with E-state index < -0.39 is 34.8 Å². The summed E-state index contributed by atoms with van der Waals surface area (Å²) in [6.45, 7) is 0. The molecule has 0 N–H and O–H groups in total. The van der Waals surface area contributed by atoms with E-state index in [0.29, 0.717) is 0 Å². The van der Waals surface area contributed by atoms with Crippen molar-refractivity contribution in [2.24, 2.45) is 0 Å². The number of halogens is 6. The van der Waals surface area contributed by atoms with Gasteiger partial charge in [-0.2, -0.15) is 13.2 Å². The largest absolute Gasteiger partial charge is 0.481 e. The second-order valence-electron chi connectivity index (χ2n) is 2.71. The predicted octanol–water partition coefficient (Wildman–Crippen LogP) is 3.70. The van der Waals surface area contributed by atoms with E-state index in [4.69, 9.17) is 11.6 Å². The lowest BCUT2D eigenvalue weighted by atomic mass is 10.2. The summed E-state index contributed by atoms with van der Waals surface area (Å²) in [6.07, 6.45) is -8.37. The molecular weight excluding hydrogens is 257 g/mol. The quantitative estimate of drug-likeness (QED) is 0.757. The molecular formula is C8H5ClF5NO. The fourth-order valence-corrected chi connectivity index (χ4v) is 1.35. The molecule has 0 aliphatic rings. The molecule has 0 aliphatic heterocycles. The predicted molar refractivity (Wildman–Crippen MR) is 45.8 cm³/mol. The second-order valence-corrected chi connectivity index (χ2v) is 3.11. The van der Waals surface area contributed by atoms with Crippen LogP contribution < -0.4 is 4.74 Å². The first-order valence-electron chi connectivity index (χ1n) is 3.87. The zero-order chi connectivity index (χ0) is 12.5. The van der Waals surface area contributed by atoms with Gasteiger partial charge >= 0.3 is 6.18 Å². The third-order valence-corrected chi connectivity index (χ3v) is 1.97. The van der Waals surface area contributed by atoms with Gasteiger partial charge in [-0.1, -0.05) is 11.6 Å².